The van der Waals surface area contributed by atoms with E-state index in [-0.39, 0.29) is 0 Å². The van der Waals surface area contributed by atoms with Crippen LogP contribution in [0.4, 0.5) is 0 Å². The van der Waals surface area contributed by atoms with Crippen LogP contribution in [0.15, 0.2) is 11.6 Å². The number of carbonyl (C=O) groups is 1. The molecule has 0 aromatic rings. The molecule has 0 aliphatic carbocycles. The minimum absolute atomic E-state index is 0.617. The lowest BCUT2D eigenvalue weighted by molar-refractivity contribution is -0.148. The summed E-state index contributed by atoms with van der Waals surface area (Å²) in [6.07, 6.45) is 3.44. The van der Waals surface area contributed by atoms with Crippen LogP contribution in [0.1, 0.15) is 19.8 Å². The number of carboxylic acids is 1. The van der Waals surface area contributed by atoms with Crippen LogP contribution in [0, 0.1) is 0 Å². The number of aliphatic carboxylic acids is 1. The van der Waals surface area contributed by atoms with Gasteiger partial charge in [0.25, 0.3) is 0 Å². The summed E-state index contributed by atoms with van der Waals surface area (Å²) in [4.78, 5) is 12.9. The second-order valence-electron chi connectivity index (χ2n) is 3.49. The Hall–Kier alpha value is -0.540. The summed E-state index contributed by atoms with van der Waals surface area (Å²) in [5.74, 6) is -0.743. The molecule has 1 atom stereocenters. The summed E-state index contributed by atoms with van der Waals surface area (Å²) in [6, 6.07) is 0. The van der Waals surface area contributed by atoms with E-state index >= 15 is 0 Å². The van der Waals surface area contributed by atoms with E-state index in [0.29, 0.717) is 6.54 Å². The first-order chi connectivity index (χ1) is 6.11. The number of halogens is 1. The maximum Gasteiger partial charge on any atom is 0.323 e. The summed E-state index contributed by atoms with van der Waals surface area (Å²) in [5.41, 5.74) is 0.733. The van der Waals surface area contributed by atoms with Crippen molar-refractivity contribution in [2.24, 2.45) is 0 Å². The van der Waals surface area contributed by atoms with Gasteiger partial charge in [0.15, 0.2) is 0 Å². The molecule has 3 nitrogen and oxygen atoms in total. The maximum absolute atomic E-state index is 11.0. The van der Waals surface area contributed by atoms with Gasteiger partial charge in [-0.2, -0.15) is 0 Å². The van der Waals surface area contributed by atoms with Crippen molar-refractivity contribution >= 4 is 17.6 Å². The molecule has 4 heteroatoms. The Kier molecular flexibility index (Phi) is 3.33. The van der Waals surface area contributed by atoms with E-state index in [2.05, 4.69) is 0 Å². The predicted octanol–water partition coefficient (Wildman–Crippen LogP) is 1.68. The standard InChI is InChI=1S/C9H14ClNO2/c1-9(8(12)13)4-2-6-11(9)7-3-5-10/h3,5H,2,4,6-7H2,1H3,(H,12,13). The van der Waals surface area contributed by atoms with E-state index in [0.717, 1.165) is 19.4 Å². The monoisotopic (exact) mass is 203 g/mol. The molecule has 1 N–H and O–H groups in total. The average molecular weight is 204 g/mol. The van der Waals surface area contributed by atoms with E-state index in [1.165, 1.54) is 5.54 Å². The third-order valence-electron chi connectivity index (χ3n) is 2.67. The van der Waals surface area contributed by atoms with Crippen LogP contribution in [0.2, 0.25) is 0 Å². The molecule has 0 bridgehead atoms. The fourth-order valence-corrected chi connectivity index (χ4v) is 1.80. The minimum Gasteiger partial charge on any atom is -0.480 e. The van der Waals surface area contributed by atoms with E-state index in [1.807, 2.05) is 4.90 Å². The molecule has 1 unspecified atom stereocenters. The Morgan fingerprint density at radius 1 is 1.77 bits per heavy atom. The van der Waals surface area contributed by atoms with Gasteiger partial charge in [0.05, 0.1) is 0 Å². The Bertz CT molecular complexity index is 230. The first-order valence-electron chi connectivity index (χ1n) is 4.35. The van der Waals surface area contributed by atoms with Crippen molar-refractivity contribution in [3.05, 3.63) is 11.6 Å². The minimum atomic E-state index is -0.743. The van der Waals surface area contributed by atoms with Crippen molar-refractivity contribution in [1.29, 1.82) is 0 Å². The molecule has 1 saturated heterocycles. The summed E-state index contributed by atoms with van der Waals surface area (Å²) in [5, 5.41) is 9.04. The quantitative estimate of drug-likeness (QED) is 0.759. The third kappa shape index (κ3) is 2.03. The summed E-state index contributed by atoms with van der Waals surface area (Å²) in [7, 11) is 0. The molecule has 1 heterocycles. The van der Waals surface area contributed by atoms with Crippen LogP contribution in [-0.2, 0) is 4.79 Å². The first kappa shape index (κ1) is 10.5. The Morgan fingerprint density at radius 2 is 2.46 bits per heavy atom. The van der Waals surface area contributed by atoms with Crippen LogP contribution < -0.4 is 0 Å². The van der Waals surface area contributed by atoms with Crippen LogP contribution in [-0.4, -0.2) is 34.6 Å². The SMILES string of the molecule is CC1(C(=O)O)CCCN1CC=CCl. The van der Waals surface area contributed by atoms with E-state index in [9.17, 15) is 4.79 Å². The van der Waals surface area contributed by atoms with Gasteiger partial charge in [-0.3, -0.25) is 9.69 Å². The third-order valence-corrected chi connectivity index (χ3v) is 2.84. The van der Waals surface area contributed by atoms with E-state index in [1.54, 1.807) is 13.0 Å². The molecule has 1 rings (SSSR count). The Morgan fingerprint density at radius 3 is 3.00 bits per heavy atom. The highest BCUT2D eigenvalue weighted by Gasteiger charge is 2.42. The summed E-state index contributed by atoms with van der Waals surface area (Å²) < 4.78 is 0. The highest BCUT2D eigenvalue weighted by Crippen LogP contribution is 2.28. The van der Waals surface area contributed by atoms with Crippen molar-refractivity contribution in [2.75, 3.05) is 13.1 Å². The summed E-state index contributed by atoms with van der Waals surface area (Å²) >= 11 is 5.40. The molecule has 0 aromatic heterocycles. The van der Waals surface area contributed by atoms with Crippen LogP contribution in [0.5, 0.6) is 0 Å². The van der Waals surface area contributed by atoms with Crippen molar-refractivity contribution in [2.45, 2.75) is 25.3 Å². The molecule has 1 aliphatic rings. The molecular formula is C9H14ClNO2. The van der Waals surface area contributed by atoms with Crippen molar-refractivity contribution in [1.82, 2.24) is 4.90 Å². The molecule has 0 spiro atoms. The number of hydrogen-bond donors (Lipinski definition) is 1. The number of nitrogens with zero attached hydrogens (tertiary/aromatic N) is 1. The summed E-state index contributed by atoms with van der Waals surface area (Å²) in [6.45, 7) is 3.22. The Balaban J connectivity index is 2.67. The fraction of sp³-hybridized carbons (Fsp3) is 0.667. The second kappa shape index (κ2) is 4.11. The lowest BCUT2D eigenvalue weighted by Gasteiger charge is -2.29. The van der Waals surface area contributed by atoms with Crippen LogP contribution in [0.25, 0.3) is 0 Å². The van der Waals surface area contributed by atoms with Crippen molar-refractivity contribution < 1.29 is 9.90 Å². The molecule has 0 radical (unpaired) electrons. The molecule has 74 valence electrons. The average Bonchev–Trinajstić information content (AvgIpc) is 2.45. The van der Waals surface area contributed by atoms with Crippen LogP contribution in [0.3, 0.4) is 0 Å². The van der Waals surface area contributed by atoms with Gasteiger partial charge >= 0.3 is 5.97 Å². The Labute approximate surface area is 83.0 Å². The van der Waals surface area contributed by atoms with Crippen molar-refractivity contribution in [3.8, 4) is 0 Å². The lowest BCUT2D eigenvalue weighted by Crippen LogP contribution is -2.47. The fourth-order valence-electron chi connectivity index (χ4n) is 1.72. The zero-order valence-corrected chi connectivity index (χ0v) is 8.42. The molecule has 0 saturated carbocycles. The molecule has 0 aromatic carbocycles. The van der Waals surface area contributed by atoms with Gasteiger partial charge in [0, 0.05) is 12.1 Å². The second-order valence-corrected chi connectivity index (χ2v) is 3.74. The lowest BCUT2D eigenvalue weighted by atomic mass is 9.99. The van der Waals surface area contributed by atoms with Gasteiger partial charge in [0.1, 0.15) is 5.54 Å². The topological polar surface area (TPSA) is 40.5 Å². The largest absolute Gasteiger partial charge is 0.480 e. The van der Waals surface area contributed by atoms with Gasteiger partial charge in [-0.25, -0.2) is 0 Å². The molecular weight excluding hydrogens is 190 g/mol. The zero-order valence-electron chi connectivity index (χ0n) is 7.66. The van der Waals surface area contributed by atoms with E-state index in [4.69, 9.17) is 16.7 Å². The molecule has 1 aliphatic heterocycles. The normalized spacial score (nSPS) is 30.0. The highest BCUT2D eigenvalue weighted by molar-refractivity contribution is 6.25. The van der Waals surface area contributed by atoms with Crippen molar-refractivity contribution in [3.63, 3.8) is 0 Å². The first-order valence-corrected chi connectivity index (χ1v) is 4.78. The van der Waals surface area contributed by atoms with E-state index < -0.39 is 11.5 Å². The smallest absolute Gasteiger partial charge is 0.323 e. The van der Waals surface area contributed by atoms with Gasteiger partial charge in [0.2, 0.25) is 0 Å². The number of hydrogen-bond acceptors (Lipinski definition) is 2. The molecule has 1 fully saturated rings. The number of likely N-dealkylation sites (tertiary alicyclic amines) is 1. The molecule has 0 amide bonds. The number of carboxylic acid groups (broad SMARTS) is 1. The van der Waals surface area contributed by atoms with Gasteiger partial charge in [-0.05, 0) is 26.3 Å². The van der Waals surface area contributed by atoms with Gasteiger partial charge in [-0.15, -0.1) is 0 Å². The highest BCUT2D eigenvalue weighted by atomic mass is 35.5. The zero-order chi connectivity index (χ0) is 9.90. The predicted molar refractivity (Wildman–Crippen MR) is 51.8 cm³/mol. The van der Waals surface area contributed by atoms with Gasteiger partial charge < -0.3 is 5.11 Å². The number of rotatable bonds is 3. The van der Waals surface area contributed by atoms with Crippen LogP contribution >= 0.6 is 11.6 Å². The maximum atomic E-state index is 11.0. The van der Waals surface area contributed by atoms with Gasteiger partial charge in [-0.1, -0.05) is 17.7 Å². The molecule has 13 heavy (non-hydrogen) atoms.